The van der Waals surface area contributed by atoms with Crippen molar-refractivity contribution in [1.82, 2.24) is 24.9 Å². The largest absolute Gasteiger partial charge is 0.383 e. The van der Waals surface area contributed by atoms with E-state index >= 15 is 0 Å². The first-order chi connectivity index (χ1) is 17.7. The highest BCUT2D eigenvalue weighted by Gasteiger charge is 2.27. The first-order valence-electron chi connectivity index (χ1n) is 15.3. The quantitative estimate of drug-likeness (QED) is 0.181. The van der Waals surface area contributed by atoms with E-state index in [-0.39, 0.29) is 0 Å². The third-order valence-corrected chi connectivity index (χ3v) is 8.33. The van der Waals surface area contributed by atoms with Crippen molar-refractivity contribution in [3.8, 4) is 0 Å². The minimum absolute atomic E-state index is 0.720. The summed E-state index contributed by atoms with van der Waals surface area (Å²) in [6.07, 6.45) is 16.4. The molecule has 7 heteroatoms. The molecule has 0 amide bonds. The first-order valence-corrected chi connectivity index (χ1v) is 15.3. The number of ether oxygens (including phenoxy) is 2. The van der Waals surface area contributed by atoms with E-state index in [4.69, 9.17) is 9.47 Å². The van der Waals surface area contributed by atoms with Crippen LogP contribution in [0.25, 0.3) is 0 Å². The summed E-state index contributed by atoms with van der Waals surface area (Å²) in [6.45, 7) is 15.8. The van der Waals surface area contributed by atoms with Crippen molar-refractivity contribution < 1.29 is 9.47 Å². The second-order valence-electron chi connectivity index (χ2n) is 11.1. The number of methoxy groups -OCH3 is 2. The minimum atomic E-state index is 0.720. The average Bonchev–Trinajstić information content (AvgIpc) is 2.93. The molecule has 7 nitrogen and oxygen atoms in total. The first kappa shape index (κ1) is 31.9. The molecule has 2 rings (SSSR count). The molecule has 2 saturated carbocycles. The van der Waals surface area contributed by atoms with E-state index in [0.717, 1.165) is 71.5 Å². The molecule has 0 radical (unpaired) electrons. The maximum Gasteiger partial charge on any atom is 0.0590 e. The van der Waals surface area contributed by atoms with Crippen molar-refractivity contribution >= 4 is 0 Å². The van der Waals surface area contributed by atoms with Gasteiger partial charge in [0.05, 0.1) is 26.6 Å². The lowest BCUT2D eigenvalue weighted by atomic mass is 9.93. The molecule has 0 spiro atoms. The lowest BCUT2D eigenvalue weighted by Crippen LogP contribution is -2.52. The smallest absolute Gasteiger partial charge is 0.0590 e. The van der Waals surface area contributed by atoms with Crippen LogP contribution in [0.15, 0.2) is 0 Å². The van der Waals surface area contributed by atoms with Crippen LogP contribution < -0.4 is 5.32 Å². The monoisotopic (exact) mass is 511 g/mol. The van der Waals surface area contributed by atoms with Gasteiger partial charge >= 0.3 is 0 Å². The van der Waals surface area contributed by atoms with E-state index in [2.05, 4.69) is 38.8 Å². The van der Waals surface area contributed by atoms with Crippen LogP contribution in [0.3, 0.4) is 0 Å². The molecule has 2 fully saturated rings. The van der Waals surface area contributed by atoms with Crippen LogP contribution in [0, 0.1) is 0 Å². The third-order valence-electron chi connectivity index (χ3n) is 8.33. The van der Waals surface area contributed by atoms with Crippen LogP contribution in [0.4, 0.5) is 0 Å². The Morgan fingerprint density at radius 2 is 1.17 bits per heavy atom. The number of nitrogens with one attached hydrogen (secondary N) is 1. The van der Waals surface area contributed by atoms with Gasteiger partial charge in [-0.3, -0.25) is 19.6 Å². The van der Waals surface area contributed by atoms with Gasteiger partial charge in [0.1, 0.15) is 0 Å². The summed E-state index contributed by atoms with van der Waals surface area (Å²) in [5, 5.41) is 3.69. The van der Waals surface area contributed by atoms with Crippen LogP contribution >= 0.6 is 0 Å². The molecule has 1 N–H and O–H groups in total. The number of unbranched alkanes of at least 4 members (excludes halogenated alkanes) is 1. The van der Waals surface area contributed by atoms with Crippen LogP contribution in [0.1, 0.15) is 90.9 Å². The van der Waals surface area contributed by atoms with Gasteiger partial charge in [0, 0.05) is 59.2 Å². The van der Waals surface area contributed by atoms with E-state index in [0.29, 0.717) is 0 Å². The van der Waals surface area contributed by atoms with E-state index in [1.807, 2.05) is 14.2 Å². The van der Waals surface area contributed by atoms with Gasteiger partial charge in [-0.1, -0.05) is 58.8 Å². The second-order valence-corrected chi connectivity index (χ2v) is 11.1. The van der Waals surface area contributed by atoms with Crippen molar-refractivity contribution in [2.24, 2.45) is 0 Å². The zero-order chi connectivity index (χ0) is 25.8. The molecule has 0 atom stereocenters. The number of hydrogen-bond donors (Lipinski definition) is 1. The van der Waals surface area contributed by atoms with Crippen molar-refractivity contribution in [3.63, 3.8) is 0 Å². The lowest BCUT2D eigenvalue weighted by molar-refractivity contribution is 0.0194. The highest BCUT2D eigenvalue weighted by atomic mass is 16.5. The van der Waals surface area contributed by atoms with Gasteiger partial charge in [0.15, 0.2) is 0 Å². The summed E-state index contributed by atoms with van der Waals surface area (Å²) in [4.78, 5) is 10.8. The lowest BCUT2D eigenvalue weighted by Gasteiger charge is -2.42. The Balaban J connectivity index is 2.04. The van der Waals surface area contributed by atoms with Gasteiger partial charge in [0.2, 0.25) is 0 Å². The Kier molecular flexibility index (Phi) is 18.3. The fourth-order valence-corrected chi connectivity index (χ4v) is 5.90. The molecule has 0 aromatic carbocycles. The zero-order valence-corrected chi connectivity index (χ0v) is 24.5. The van der Waals surface area contributed by atoms with Gasteiger partial charge < -0.3 is 14.8 Å². The summed E-state index contributed by atoms with van der Waals surface area (Å²) in [6, 6.07) is 1.47. The summed E-state index contributed by atoms with van der Waals surface area (Å²) >= 11 is 0. The molecule has 0 bridgehead atoms. The molecular formula is C29H61N5O2. The highest BCUT2D eigenvalue weighted by molar-refractivity contribution is 4.81. The average molecular weight is 512 g/mol. The Hall–Kier alpha value is -0.280. The van der Waals surface area contributed by atoms with Gasteiger partial charge in [-0.25, -0.2) is 0 Å². The van der Waals surface area contributed by atoms with Gasteiger partial charge in [-0.15, -0.1) is 0 Å². The van der Waals surface area contributed by atoms with E-state index in [1.165, 1.54) is 90.1 Å². The standard InChI is InChI=1S/C29H61N5O2/c1-5-7-18-30-25-31(6-2)26-33(28-14-10-8-11-15-28)19-20-34(29-16-12-9-13-17-29)27-32(21-23-35-3)22-24-36-4/h28-30H,5-27H2,1-4H3. The van der Waals surface area contributed by atoms with Gasteiger partial charge in [0.25, 0.3) is 0 Å². The maximum atomic E-state index is 5.44. The highest BCUT2D eigenvalue weighted by Crippen LogP contribution is 2.25. The molecule has 0 unspecified atom stereocenters. The summed E-state index contributed by atoms with van der Waals surface area (Å²) in [5.74, 6) is 0. The normalized spacial score (nSPS) is 18.3. The Labute approximate surface area is 224 Å². The Bertz CT molecular complexity index is 492. The molecule has 36 heavy (non-hydrogen) atoms. The van der Waals surface area contributed by atoms with Gasteiger partial charge in [-0.2, -0.15) is 0 Å². The maximum absolute atomic E-state index is 5.44. The number of nitrogens with zero attached hydrogens (tertiary/aromatic N) is 4. The Morgan fingerprint density at radius 3 is 1.61 bits per heavy atom. The van der Waals surface area contributed by atoms with Crippen molar-refractivity contribution in [2.75, 3.05) is 86.7 Å². The number of rotatable bonds is 21. The van der Waals surface area contributed by atoms with Crippen molar-refractivity contribution in [1.29, 1.82) is 0 Å². The SMILES string of the molecule is CCCCNCN(CC)CN(CCN(CN(CCOC)CCOC)C1CCCCC1)C1CCCCC1. The zero-order valence-electron chi connectivity index (χ0n) is 24.5. The molecule has 0 aromatic heterocycles. The van der Waals surface area contributed by atoms with Crippen molar-refractivity contribution in [2.45, 2.75) is 103 Å². The molecule has 0 saturated heterocycles. The fourth-order valence-electron chi connectivity index (χ4n) is 5.90. The van der Waals surface area contributed by atoms with E-state index < -0.39 is 0 Å². The minimum Gasteiger partial charge on any atom is -0.383 e. The molecule has 0 heterocycles. The predicted octanol–water partition coefficient (Wildman–Crippen LogP) is 4.43. The molecule has 214 valence electrons. The number of hydrogen-bond acceptors (Lipinski definition) is 7. The van der Waals surface area contributed by atoms with E-state index in [9.17, 15) is 0 Å². The summed E-state index contributed by atoms with van der Waals surface area (Å²) in [5.41, 5.74) is 0. The predicted molar refractivity (Wildman–Crippen MR) is 152 cm³/mol. The summed E-state index contributed by atoms with van der Waals surface area (Å²) in [7, 11) is 3.62. The molecule has 2 aliphatic carbocycles. The van der Waals surface area contributed by atoms with E-state index in [1.54, 1.807) is 0 Å². The fraction of sp³-hybridized carbons (Fsp3) is 1.00. The summed E-state index contributed by atoms with van der Waals surface area (Å²) < 4.78 is 10.9. The molecular weight excluding hydrogens is 450 g/mol. The molecule has 0 aromatic rings. The van der Waals surface area contributed by atoms with Crippen LogP contribution in [-0.4, -0.2) is 118 Å². The van der Waals surface area contributed by atoms with Crippen LogP contribution in [0.2, 0.25) is 0 Å². The molecule has 2 aliphatic rings. The van der Waals surface area contributed by atoms with Crippen LogP contribution in [-0.2, 0) is 9.47 Å². The van der Waals surface area contributed by atoms with Gasteiger partial charge in [-0.05, 0) is 45.2 Å². The Morgan fingerprint density at radius 1 is 0.667 bits per heavy atom. The topological polar surface area (TPSA) is 43.5 Å². The molecule has 0 aliphatic heterocycles. The second kappa shape index (κ2) is 20.7. The third kappa shape index (κ3) is 13.0. The van der Waals surface area contributed by atoms with Crippen molar-refractivity contribution in [3.05, 3.63) is 0 Å². The van der Waals surface area contributed by atoms with Crippen LogP contribution in [0.5, 0.6) is 0 Å².